The summed E-state index contributed by atoms with van der Waals surface area (Å²) in [7, 11) is 0. The Bertz CT molecular complexity index is 239. The van der Waals surface area contributed by atoms with Crippen molar-refractivity contribution in [2.45, 2.75) is 6.55 Å². The molecular formula is C4H4F2N2S. The number of nitrogens with zero attached hydrogens (tertiary/aromatic N) is 1. The lowest BCUT2D eigenvalue weighted by molar-refractivity contribution is 0.0551. The predicted octanol–water partition coefficient (Wildman–Crippen LogP) is 1.94. The van der Waals surface area contributed by atoms with E-state index in [4.69, 9.17) is 0 Å². The van der Waals surface area contributed by atoms with E-state index in [1.165, 1.54) is 12.3 Å². The van der Waals surface area contributed by atoms with Crippen LogP contribution in [0.4, 0.5) is 8.78 Å². The molecule has 50 valence electrons. The molecule has 0 aliphatic rings. The number of nitrogens with one attached hydrogen (secondary N) is 1. The van der Waals surface area contributed by atoms with Crippen LogP contribution in [0, 0.1) is 4.64 Å². The lowest BCUT2D eigenvalue weighted by Gasteiger charge is -1.96. The van der Waals surface area contributed by atoms with Gasteiger partial charge < -0.3 is 5.10 Å². The Morgan fingerprint density at radius 2 is 2.33 bits per heavy atom. The maximum atomic E-state index is 11.7. The van der Waals surface area contributed by atoms with E-state index >= 15 is 0 Å². The molecule has 0 saturated carbocycles. The van der Waals surface area contributed by atoms with E-state index in [1.54, 1.807) is 0 Å². The van der Waals surface area contributed by atoms with Crippen LogP contribution in [0.2, 0.25) is 0 Å². The van der Waals surface area contributed by atoms with E-state index in [0.717, 1.165) is 0 Å². The molecule has 0 aliphatic heterocycles. The molecule has 0 aromatic carbocycles. The van der Waals surface area contributed by atoms with Gasteiger partial charge in [-0.3, -0.25) is 0 Å². The summed E-state index contributed by atoms with van der Waals surface area (Å²) in [5, 5.41) is 2.27. The number of halogens is 2. The molecule has 0 atom stereocenters. The van der Waals surface area contributed by atoms with Crippen molar-refractivity contribution >= 4 is 12.2 Å². The van der Waals surface area contributed by atoms with Crippen molar-refractivity contribution in [2.24, 2.45) is 0 Å². The molecule has 5 heteroatoms. The first-order valence-electron chi connectivity index (χ1n) is 2.26. The number of H-pyrrole nitrogens is 1. The normalized spacial score (nSPS) is 10.6. The van der Waals surface area contributed by atoms with Crippen LogP contribution in [0.1, 0.15) is 6.55 Å². The van der Waals surface area contributed by atoms with Gasteiger partial charge in [-0.15, -0.1) is 0 Å². The molecule has 1 N–H and O–H groups in total. The molecule has 0 fully saturated rings. The van der Waals surface area contributed by atoms with E-state index in [2.05, 4.69) is 17.3 Å². The zero-order valence-electron chi connectivity index (χ0n) is 4.34. The average molecular weight is 150 g/mol. The van der Waals surface area contributed by atoms with Crippen molar-refractivity contribution in [1.82, 2.24) is 9.78 Å². The summed E-state index contributed by atoms with van der Waals surface area (Å²) in [4.78, 5) is 0. The van der Waals surface area contributed by atoms with Gasteiger partial charge in [0.15, 0.2) is 0 Å². The first kappa shape index (κ1) is 6.41. The van der Waals surface area contributed by atoms with Gasteiger partial charge in [-0.2, -0.15) is 8.78 Å². The third kappa shape index (κ3) is 1.16. The fourth-order valence-electron chi connectivity index (χ4n) is 0.485. The third-order valence-corrected chi connectivity index (χ3v) is 1.20. The van der Waals surface area contributed by atoms with Crippen molar-refractivity contribution in [3.05, 3.63) is 16.9 Å². The Kier molecular flexibility index (Phi) is 1.61. The van der Waals surface area contributed by atoms with Crippen molar-refractivity contribution in [2.75, 3.05) is 0 Å². The standard InChI is InChI=1S/C4H4F2N2S/c5-4(6)8-3(9)1-2-7-8/h1-2,4,7H. The largest absolute Gasteiger partial charge is 0.332 e. The fourth-order valence-corrected chi connectivity index (χ4v) is 0.686. The van der Waals surface area contributed by atoms with E-state index in [0.29, 0.717) is 4.68 Å². The van der Waals surface area contributed by atoms with Gasteiger partial charge in [0.25, 0.3) is 0 Å². The summed E-state index contributed by atoms with van der Waals surface area (Å²) in [5.74, 6) is 0. The minimum absolute atomic E-state index is 0.116. The number of hydrogen-bond acceptors (Lipinski definition) is 1. The molecule has 0 amide bonds. The molecule has 2 nitrogen and oxygen atoms in total. The molecule has 0 aliphatic carbocycles. The van der Waals surface area contributed by atoms with Gasteiger partial charge in [0.1, 0.15) is 4.64 Å². The second kappa shape index (κ2) is 2.26. The second-order valence-electron chi connectivity index (χ2n) is 1.45. The smallest absolute Gasteiger partial charge is 0.300 e. The quantitative estimate of drug-likeness (QED) is 0.607. The zero-order chi connectivity index (χ0) is 6.85. The van der Waals surface area contributed by atoms with E-state index in [9.17, 15) is 8.78 Å². The van der Waals surface area contributed by atoms with Crippen molar-refractivity contribution in [3.8, 4) is 0 Å². The summed E-state index contributed by atoms with van der Waals surface area (Å²) in [5.41, 5.74) is 0. The number of alkyl halides is 2. The minimum atomic E-state index is -2.56. The van der Waals surface area contributed by atoms with Crippen LogP contribution in [0.15, 0.2) is 12.3 Å². The maximum Gasteiger partial charge on any atom is 0.332 e. The molecule has 0 unspecified atom stereocenters. The third-order valence-electron chi connectivity index (χ3n) is 0.872. The average Bonchev–Trinajstić information content (AvgIpc) is 2.13. The van der Waals surface area contributed by atoms with Gasteiger partial charge in [0, 0.05) is 6.20 Å². The number of aromatic nitrogens is 2. The van der Waals surface area contributed by atoms with Gasteiger partial charge in [0.2, 0.25) is 0 Å². The topological polar surface area (TPSA) is 20.7 Å². The molecule has 1 aromatic heterocycles. The molecule has 0 radical (unpaired) electrons. The first-order valence-corrected chi connectivity index (χ1v) is 2.66. The Hall–Kier alpha value is -0.710. The molecular weight excluding hydrogens is 146 g/mol. The lowest BCUT2D eigenvalue weighted by atomic mass is 10.7. The van der Waals surface area contributed by atoms with E-state index < -0.39 is 6.55 Å². The van der Waals surface area contributed by atoms with Crippen LogP contribution in [0.5, 0.6) is 0 Å². The highest BCUT2D eigenvalue weighted by molar-refractivity contribution is 7.71. The Morgan fingerprint density at radius 3 is 2.56 bits per heavy atom. The summed E-state index contributed by atoms with van der Waals surface area (Å²) in [6.07, 6.45) is 1.37. The van der Waals surface area contributed by atoms with Gasteiger partial charge in [-0.25, -0.2) is 4.68 Å². The molecule has 1 rings (SSSR count). The van der Waals surface area contributed by atoms with Crippen LogP contribution >= 0.6 is 12.2 Å². The number of aromatic amines is 1. The summed E-state index contributed by atoms with van der Waals surface area (Å²) in [6, 6.07) is 1.40. The lowest BCUT2D eigenvalue weighted by Crippen LogP contribution is -1.98. The number of hydrogen-bond donors (Lipinski definition) is 1. The van der Waals surface area contributed by atoms with Crippen LogP contribution in [0.3, 0.4) is 0 Å². The fraction of sp³-hybridized carbons (Fsp3) is 0.250. The highest BCUT2D eigenvalue weighted by Crippen LogP contribution is 2.07. The van der Waals surface area contributed by atoms with Crippen LogP contribution in [-0.2, 0) is 0 Å². The highest BCUT2D eigenvalue weighted by atomic mass is 32.1. The molecule has 1 heterocycles. The molecule has 9 heavy (non-hydrogen) atoms. The zero-order valence-corrected chi connectivity index (χ0v) is 5.16. The predicted molar refractivity (Wildman–Crippen MR) is 30.9 cm³/mol. The summed E-state index contributed by atoms with van der Waals surface area (Å²) in [6.45, 7) is -2.56. The van der Waals surface area contributed by atoms with Crippen LogP contribution in [-0.4, -0.2) is 9.78 Å². The van der Waals surface area contributed by atoms with Crippen molar-refractivity contribution in [1.29, 1.82) is 0 Å². The van der Waals surface area contributed by atoms with Gasteiger partial charge in [-0.1, -0.05) is 12.2 Å². The molecule has 1 aromatic rings. The van der Waals surface area contributed by atoms with Crippen LogP contribution < -0.4 is 0 Å². The monoisotopic (exact) mass is 150 g/mol. The van der Waals surface area contributed by atoms with Gasteiger partial charge in [0.05, 0.1) is 0 Å². The van der Waals surface area contributed by atoms with Crippen molar-refractivity contribution in [3.63, 3.8) is 0 Å². The summed E-state index contributed by atoms with van der Waals surface area (Å²) < 4.78 is 24.2. The van der Waals surface area contributed by atoms with E-state index in [1.807, 2.05) is 0 Å². The van der Waals surface area contributed by atoms with Gasteiger partial charge >= 0.3 is 6.55 Å². The highest BCUT2D eigenvalue weighted by Gasteiger charge is 2.03. The van der Waals surface area contributed by atoms with Crippen molar-refractivity contribution < 1.29 is 8.78 Å². The Morgan fingerprint density at radius 1 is 1.67 bits per heavy atom. The SMILES string of the molecule is FC(F)n1[nH]ccc1=S. The second-order valence-corrected chi connectivity index (χ2v) is 1.87. The Balaban J connectivity index is 3.08. The first-order chi connectivity index (χ1) is 4.22. The summed E-state index contributed by atoms with van der Waals surface area (Å²) >= 11 is 4.51. The molecule has 0 bridgehead atoms. The Labute approximate surface area is 55.1 Å². The van der Waals surface area contributed by atoms with Gasteiger partial charge in [-0.05, 0) is 6.07 Å². The minimum Gasteiger partial charge on any atom is -0.300 e. The molecule has 0 saturated heterocycles. The number of rotatable bonds is 1. The molecule has 0 spiro atoms. The maximum absolute atomic E-state index is 11.7. The van der Waals surface area contributed by atoms with E-state index in [-0.39, 0.29) is 4.64 Å². The van der Waals surface area contributed by atoms with Crippen LogP contribution in [0.25, 0.3) is 0 Å².